The summed E-state index contributed by atoms with van der Waals surface area (Å²) in [4.78, 5) is 22.9. The van der Waals surface area contributed by atoms with Crippen LogP contribution in [0.25, 0.3) is 0 Å². The van der Waals surface area contributed by atoms with Crippen molar-refractivity contribution >= 4 is 17.7 Å². The van der Waals surface area contributed by atoms with Crippen LogP contribution in [0, 0.1) is 5.82 Å². The van der Waals surface area contributed by atoms with Gasteiger partial charge in [0.15, 0.2) is 0 Å². The van der Waals surface area contributed by atoms with Crippen LogP contribution in [-0.2, 0) is 15.7 Å². The van der Waals surface area contributed by atoms with Gasteiger partial charge in [0.1, 0.15) is 11.4 Å². The molecule has 0 saturated carbocycles. The van der Waals surface area contributed by atoms with E-state index in [4.69, 9.17) is 4.74 Å². The van der Waals surface area contributed by atoms with Crippen molar-refractivity contribution in [1.82, 2.24) is 0 Å². The Kier molecular flexibility index (Phi) is 5.24. The molecule has 0 radical (unpaired) electrons. The van der Waals surface area contributed by atoms with Crippen LogP contribution in [0.5, 0.6) is 0 Å². The second kappa shape index (κ2) is 6.43. The Labute approximate surface area is 129 Å². The highest BCUT2D eigenvalue weighted by Gasteiger charge is 2.37. The Hall–Kier alpha value is -2.32. The fourth-order valence-corrected chi connectivity index (χ4v) is 1.60. The van der Waals surface area contributed by atoms with Crippen LogP contribution < -0.4 is 5.32 Å². The third-order valence-electron chi connectivity index (χ3n) is 2.45. The van der Waals surface area contributed by atoms with Gasteiger partial charge in [-0.3, -0.25) is 5.32 Å². The van der Waals surface area contributed by atoms with Gasteiger partial charge in [0.05, 0.1) is 23.9 Å². The summed E-state index contributed by atoms with van der Waals surface area (Å²) >= 11 is 0. The Bertz CT molecular complexity index is 620. The third-order valence-corrected chi connectivity index (χ3v) is 2.45. The van der Waals surface area contributed by atoms with Gasteiger partial charge in [0, 0.05) is 0 Å². The van der Waals surface area contributed by atoms with Crippen LogP contribution in [0.1, 0.15) is 36.7 Å². The fraction of sp³-hybridized carbons (Fsp3) is 0.429. The zero-order valence-electron chi connectivity index (χ0n) is 12.8. The molecule has 0 aliphatic heterocycles. The Morgan fingerprint density at radius 3 is 2.13 bits per heavy atom. The van der Waals surface area contributed by atoms with E-state index in [1.807, 2.05) is 5.32 Å². The number of rotatable bonds is 2. The number of methoxy groups -OCH3 is 1. The van der Waals surface area contributed by atoms with Crippen molar-refractivity contribution in [3.05, 3.63) is 29.1 Å². The maximum Gasteiger partial charge on any atom is 0.417 e. The zero-order chi connectivity index (χ0) is 18.0. The van der Waals surface area contributed by atoms with Crippen molar-refractivity contribution in [2.75, 3.05) is 12.4 Å². The summed E-state index contributed by atoms with van der Waals surface area (Å²) in [5, 5.41) is 1.88. The van der Waals surface area contributed by atoms with E-state index in [0.717, 1.165) is 7.11 Å². The highest BCUT2D eigenvalue weighted by Crippen LogP contribution is 2.35. The molecule has 1 rings (SSSR count). The molecule has 0 unspecified atom stereocenters. The monoisotopic (exact) mass is 337 g/mol. The van der Waals surface area contributed by atoms with Gasteiger partial charge >= 0.3 is 18.2 Å². The van der Waals surface area contributed by atoms with E-state index in [9.17, 15) is 27.2 Å². The van der Waals surface area contributed by atoms with E-state index >= 15 is 0 Å². The average molecular weight is 337 g/mol. The summed E-state index contributed by atoms with van der Waals surface area (Å²) in [5.74, 6) is -2.58. The quantitative estimate of drug-likeness (QED) is 0.655. The first-order valence-corrected chi connectivity index (χ1v) is 6.34. The number of hydrogen-bond acceptors (Lipinski definition) is 4. The lowest BCUT2D eigenvalue weighted by molar-refractivity contribution is -0.138. The van der Waals surface area contributed by atoms with Crippen molar-refractivity contribution in [2.45, 2.75) is 32.5 Å². The molecule has 128 valence electrons. The topological polar surface area (TPSA) is 64.6 Å². The number of benzene rings is 1. The van der Waals surface area contributed by atoms with Crippen molar-refractivity contribution in [3.8, 4) is 0 Å². The summed E-state index contributed by atoms with van der Waals surface area (Å²) in [6.45, 7) is 4.60. The van der Waals surface area contributed by atoms with Crippen molar-refractivity contribution in [3.63, 3.8) is 0 Å². The molecule has 1 N–H and O–H groups in total. The van der Waals surface area contributed by atoms with Gasteiger partial charge in [-0.05, 0) is 32.9 Å². The van der Waals surface area contributed by atoms with E-state index in [-0.39, 0.29) is 0 Å². The predicted octanol–water partition coefficient (Wildman–Crippen LogP) is 3.98. The van der Waals surface area contributed by atoms with E-state index < -0.39 is 46.5 Å². The van der Waals surface area contributed by atoms with Crippen LogP contribution in [0.2, 0.25) is 0 Å². The number of amides is 1. The predicted molar refractivity (Wildman–Crippen MR) is 72.6 cm³/mol. The third kappa shape index (κ3) is 5.11. The number of hydrogen-bond donors (Lipinski definition) is 1. The number of carbonyl (C=O) groups is 2. The maximum atomic E-state index is 13.9. The lowest BCUT2D eigenvalue weighted by Crippen LogP contribution is -2.27. The zero-order valence-corrected chi connectivity index (χ0v) is 12.8. The molecule has 0 spiro atoms. The van der Waals surface area contributed by atoms with Crippen molar-refractivity contribution in [1.29, 1.82) is 0 Å². The van der Waals surface area contributed by atoms with E-state index in [0.29, 0.717) is 12.1 Å². The molecule has 9 heteroatoms. The smallest absolute Gasteiger partial charge is 0.417 e. The van der Waals surface area contributed by atoms with Gasteiger partial charge in [-0.2, -0.15) is 13.2 Å². The molecular weight excluding hydrogens is 322 g/mol. The summed E-state index contributed by atoms with van der Waals surface area (Å²) in [5.41, 5.74) is -4.11. The molecule has 0 aliphatic carbocycles. The van der Waals surface area contributed by atoms with E-state index in [1.54, 1.807) is 0 Å². The van der Waals surface area contributed by atoms with Crippen LogP contribution >= 0.6 is 0 Å². The number of halogens is 4. The normalized spacial score (nSPS) is 11.8. The first-order chi connectivity index (χ1) is 10.3. The van der Waals surface area contributed by atoms with E-state index in [1.165, 1.54) is 20.8 Å². The van der Waals surface area contributed by atoms with Gasteiger partial charge in [-0.15, -0.1) is 0 Å². The summed E-state index contributed by atoms with van der Waals surface area (Å²) < 4.78 is 61.9. The molecule has 0 fully saturated rings. The van der Waals surface area contributed by atoms with Crippen LogP contribution in [-0.4, -0.2) is 24.8 Å². The van der Waals surface area contributed by atoms with Crippen molar-refractivity contribution in [2.24, 2.45) is 0 Å². The number of anilines is 1. The molecule has 0 bridgehead atoms. The lowest BCUT2D eigenvalue weighted by atomic mass is 10.1. The molecule has 0 aromatic heterocycles. The number of ether oxygens (including phenoxy) is 2. The molecule has 5 nitrogen and oxygen atoms in total. The van der Waals surface area contributed by atoms with Crippen LogP contribution in [0.3, 0.4) is 0 Å². The molecule has 1 aromatic carbocycles. The molecular formula is C14H15F4NO4. The minimum absolute atomic E-state index is 0.311. The molecule has 23 heavy (non-hydrogen) atoms. The van der Waals surface area contributed by atoms with Crippen LogP contribution in [0.4, 0.5) is 28.0 Å². The first-order valence-electron chi connectivity index (χ1n) is 6.34. The fourth-order valence-electron chi connectivity index (χ4n) is 1.60. The highest BCUT2D eigenvalue weighted by atomic mass is 19.4. The molecule has 1 amide bonds. The highest BCUT2D eigenvalue weighted by molar-refractivity contribution is 5.93. The second-order valence-corrected chi connectivity index (χ2v) is 5.49. The maximum absolute atomic E-state index is 13.9. The Morgan fingerprint density at radius 2 is 1.70 bits per heavy atom. The van der Waals surface area contributed by atoms with E-state index in [2.05, 4.69) is 4.74 Å². The Balaban J connectivity index is 3.26. The summed E-state index contributed by atoms with van der Waals surface area (Å²) in [6.07, 6.45) is -6.07. The summed E-state index contributed by atoms with van der Waals surface area (Å²) in [6, 6.07) is 0.660. The van der Waals surface area contributed by atoms with Gasteiger partial charge in [0.25, 0.3) is 0 Å². The van der Waals surface area contributed by atoms with Gasteiger partial charge in [-0.1, -0.05) is 0 Å². The second-order valence-electron chi connectivity index (χ2n) is 5.49. The van der Waals surface area contributed by atoms with Crippen molar-refractivity contribution < 1.29 is 36.6 Å². The van der Waals surface area contributed by atoms with Gasteiger partial charge in [0.2, 0.25) is 0 Å². The minimum atomic E-state index is -4.94. The first kappa shape index (κ1) is 18.7. The number of carbonyl (C=O) groups excluding carboxylic acids is 2. The standard InChI is InChI=1S/C14H15F4NO4/c1-13(2,3)23-12(21)19-10-6-8(14(16,17)18)7(5-9(10)15)11(20)22-4/h5-6H,1-4H3,(H,19,21). The molecule has 0 saturated heterocycles. The molecule has 1 aromatic rings. The number of nitrogens with one attached hydrogen (secondary N) is 1. The number of esters is 1. The minimum Gasteiger partial charge on any atom is -0.465 e. The Morgan fingerprint density at radius 1 is 1.13 bits per heavy atom. The lowest BCUT2D eigenvalue weighted by Gasteiger charge is -2.20. The molecule has 0 aliphatic rings. The SMILES string of the molecule is COC(=O)c1cc(F)c(NC(=O)OC(C)(C)C)cc1C(F)(F)F. The summed E-state index contributed by atoms with van der Waals surface area (Å²) in [7, 11) is 0.868. The molecule has 0 heterocycles. The van der Waals surface area contributed by atoms with Crippen LogP contribution in [0.15, 0.2) is 12.1 Å². The average Bonchev–Trinajstić information content (AvgIpc) is 2.36. The largest absolute Gasteiger partial charge is 0.465 e. The number of alkyl halides is 3. The van der Waals surface area contributed by atoms with Gasteiger partial charge < -0.3 is 9.47 Å². The van der Waals surface area contributed by atoms with Gasteiger partial charge in [-0.25, -0.2) is 14.0 Å². The molecule has 0 atom stereocenters.